The molecule has 0 atom stereocenters. The maximum Gasteiger partial charge on any atom is 0.216 e. The van der Waals surface area contributed by atoms with E-state index in [0.717, 1.165) is 24.2 Å². The van der Waals surface area contributed by atoms with E-state index in [2.05, 4.69) is 103 Å². The van der Waals surface area contributed by atoms with Crippen molar-refractivity contribution in [3.8, 4) is 11.4 Å². The van der Waals surface area contributed by atoms with Crippen LogP contribution in [0.25, 0.3) is 11.4 Å². The van der Waals surface area contributed by atoms with Gasteiger partial charge >= 0.3 is 0 Å². The minimum absolute atomic E-state index is 0.110. The number of benzene rings is 2. The maximum absolute atomic E-state index is 5.38. The highest BCUT2D eigenvalue weighted by Crippen LogP contribution is 2.25. The number of H-pyrrole nitrogens is 1. The summed E-state index contributed by atoms with van der Waals surface area (Å²) in [5.41, 5.74) is 4.58. The highest BCUT2D eigenvalue weighted by Gasteiger charge is 2.14. The van der Waals surface area contributed by atoms with Crippen molar-refractivity contribution < 1.29 is 0 Å². The van der Waals surface area contributed by atoms with Crippen LogP contribution in [-0.2, 0) is 5.41 Å². The zero-order chi connectivity index (χ0) is 21.0. The summed E-state index contributed by atoms with van der Waals surface area (Å²) in [7, 11) is 0. The van der Waals surface area contributed by atoms with Crippen LogP contribution in [0.1, 0.15) is 45.7 Å². The average Bonchev–Trinajstić information content (AvgIpc) is 3.08. The first-order valence-corrected chi connectivity index (χ1v) is 10.4. The quantitative estimate of drug-likeness (QED) is 0.425. The second kappa shape index (κ2) is 8.74. The third kappa shape index (κ3) is 4.82. The Morgan fingerprint density at radius 2 is 1.66 bits per heavy atom. The summed E-state index contributed by atoms with van der Waals surface area (Å²) < 4.78 is 2.13. The summed E-state index contributed by atoms with van der Waals surface area (Å²) >= 11 is 5.38. The van der Waals surface area contributed by atoms with Gasteiger partial charge in [-0.2, -0.15) is 14.9 Å². The number of aromatic nitrogens is 3. The Morgan fingerprint density at radius 1 is 1.03 bits per heavy atom. The van der Waals surface area contributed by atoms with E-state index < -0.39 is 0 Å². The molecule has 2 aromatic carbocycles. The van der Waals surface area contributed by atoms with E-state index in [9.17, 15) is 0 Å². The van der Waals surface area contributed by atoms with E-state index in [1.807, 2.05) is 6.21 Å². The third-order valence-corrected chi connectivity index (χ3v) is 5.27. The molecular formula is C23H29N5S. The van der Waals surface area contributed by atoms with Crippen LogP contribution in [-0.4, -0.2) is 34.2 Å². The molecule has 152 valence electrons. The number of anilines is 1. The van der Waals surface area contributed by atoms with Crippen LogP contribution < -0.4 is 4.90 Å². The molecule has 0 fully saturated rings. The average molecular weight is 408 g/mol. The van der Waals surface area contributed by atoms with E-state index >= 15 is 0 Å². The Bertz CT molecular complexity index is 1020. The Balaban J connectivity index is 1.86. The fraction of sp³-hybridized carbons (Fsp3) is 0.348. The van der Waals surface area contributed by atoms with Gasteiger partial charge < -0.3 is 4.90 Å². The molecule has 0 amide bonds. The zero-order valence-corrected chi connectivity index (χ0v) is 18.6. The van der Waals surface area contributed by atoms with Crippen LogP contribution >= 0.6 is 12.2 Å². The number of nitrogens with zero attached hydrogens (tertiary/aromatic N) is 4. The normalized spacial score (nSPS) is 11.9. The first-order chi connectivity index (χ1) is 13.8. The molecule has 0 spiro atoms. The van der Waals surface area contributed by atoms with Gasteiger partial charge in [-0.1, -0.05) is 57.2 Å². The number of aromatic amines is 1. The second-order valence-electron chi connectivity index (χ2n) is 8.00. The van der Waals surface area contributed by atoms with Crippen LogP contribution in [0, 0.1) is 4.77 Å². The first-order valence-electron chi connectivity index (χ1n) is 10.0. The van der Waals surface area contributed by atoms with E-state index in [4.69, 9.17) is 12.2 Å². The Morgan fingerprint density at radius 3 is 2.21 bits per heavy atom. The summed E-state index contributed by atoms with van der Waals surface area (Å²) in [5, 5.41) is 11.8. The summed E-state index contributed by atoms with van der Waals surface area (Å²) in [6, 6.07) is 16.8. The molecule has 0 unspecified atom stereocenters. The van der Waals surface area contributed by atoms with Gasteiger partial charge in [0.05, 0.1) is 6.21 Å². The summed E-state index contributed by atoms with van der Waals surface area (Å²) in [6.45, 7) is 12.9. The summed E-state index contributed by atoms with van der Waals surface area (Å²) in [5.74, 6) is 0.700. The zero-order valence-electron chi connectivity index (χ0n) is 17.8. The van der Waals surface area contributed by atoms with Gasteiger partial charge in [-0.15, -0.1) is 0 Å². The lowest BCUT2D eigenvalue weighted by atomic mass is 9.87. The predicted octanol–water partition coefficient (Wildman–Crippen LogP) is 5.63. The largest absolute Gasteiger partial charge is 0.372 e. The van der Waals surface area contributed by atoms with Crippen molar-refractivity contribution in [1.82, 2.24) is 14.9 Å². The molecule has 0 radical (unpaired) electrons. The summed E-state index contributed by atoms with van der Waals surface area (Å²) in [4.78, 5) is 2.31. The fourth-order valence-electron chi connectivity index (χ4n) is 3.19. The molecule has 6 heteroatoms. The number of nitrogens with one attached hydrogen (secondary N) is 1. The molecule has 0 aliphatic carbocycles. The standard InChI is InChI=1S/C23H29N5S/c1-6-27(7-2)20-14-8-17(9-15-20)16-24-28-21(25-26-22(28)29)18-10-12-19(13-11-18)23(3,4)5/h8-16H,6-7H2,1-5H3,(H,26,29). The van der Waals surface area contributed by atoms with Crippen molar-refractivity contribution in [3.63, 3.8) is 0 Å². The molecule has 1 aromatic heterocycles. The van der Waals surface area contributed by atoms with Crippen molar-refractivity contribution >= 4 is 24.1 Å². The molecule has 0 saturated heterocycles. The Labute approximate surface area is 178 Å². The maximum atomic E-state index is 5.38. The Kier molecular flexibility index (Phi) is 6.33. The third-order valence-electron chi connectivity index (χ3n) is 5.00. The second-order valence-corrected chi connectivity index (χ2v) is 8.39. The van der Waals surface area contributed by atoms with Gasteiger partial charge in [0.2, 0.25) is 4.77 Å². The first kappa shape index (κ1) is 21.0. The van der Waals surface area contributed by atoms with E-state index in [-0.39, 0.29) is 5.41 Å². The molecule has 1 N–H and O–H groups in total. The lowest BCUT2D eigenvalue weighted by Gasteiger charge is -2.20. The van der Waals surface area contributed by atoms with Crippen molar-refractivity contribution in [3.05, 3.63) is 64.4 Å². The number of rotatable bonds is 6. The van der Waals surface area contributed by atoms with Gasteiger partial charge in [-0.05, 0) is 54.7 Å². The highest BCUT2D eigenvalue weighted by atomic mass is 32.1. The number of hydrogen-bond donors (Lipinski definition) is 1. The van der Waals surface area contributed by atoms with Crippen molar-refractivity contribution in [2.75, 3.05) is 18.0 Å². The van der Waals surface area contributed by atoms with Gasteiger partial charge in [0.25, 0.3) is 0 Å². The van der Waals surface area contributed by atoms with Gasteiger partial charge in [0.15, 0.2) is 5.82 Å². The SMILES string of the molecule is CCN(CC)c1ccc(C=Nn2c(-c3ccc(C(C)(C)C)cc3)n[nH]c2=S)cc1. The van der Waals surface area contributed by atoms with Gasteiger partial charge in [0.1, 0.15) is 0 Å². The minimum atomic E-state index is 0.110. The van der Waals surface area contributed by atoms with Crippen LogP contribution in [0.3, 0.4) is 0 Å². The van der Waals surface area contributed by atoms with Crippen molar-refractivity contribution in [2.45, 2.75) is 40.0 Å². The molecule has 0 aliphatic rings. The molecule has 0 saturated carbocycles. The molecule has 3 rings (SSSR count). The molecule has 1 heterocycles. The highest BCUT2D eigenvalue weighted by molar-refractivity contribution is 7.71. The molecule has 0 aliphatic heterocycles. The molecule has 5 nitrogen and oxygen atoms in total. The van der Waals surface area contributed by atoms with Crippen molar-refractivity contribution in [1.29, 1.82) is 0 Å². The van der Waals surface area contributed by atoms with Gasteiger partial charge in [-0.25, -0.2) is 5.10 Å². The van der Waals surface area contributed by atoms with Crippen LogP contribution in [0.5, 0.6) is 0 Å². The molecule has 0 bridgehead atoms. The predicted molar refractivity (Wildman–Crippen MR) is 125 cm³/mol. The van der Waals surface area contributed by atoms with Crippen LogP contribution in [0.2, 0.25) is 0 Å². The Hall–Kier alpha value is -2.73. The minimum Gasteiger partial charge on any atom is -0.372 e. The summed E-state index contributed by atoms with van der Waals surface area (Å²) in [6.07, 6.45) is 1.81. The van der Waals surface area contributed by atoms with Crippen LogP contribution in [0.4, 0.5) is 5.69 Å². The smallest absolute Gasteiger partial charge is 0.216 e. The molecule has 29 heavy (non-hydrogen) atoms. The lowest BCUT2D eigenvalue weighted by molar-refractivity contribution is 0.590. The van der Waals surface area contributed by atoms with Crippen molar-refractivity contribution in [2.24, 2.45) is 5.10 Å². The fourth-order valence-corrected chi connectivity index (χ4v) is 3.37. The van der Waals surface area contributed by atoms with E-state index in [1.54, 1.807) is 4.68 Å². The van der Waals surface area contributed by atoms with E-state index in [1.165, 1.54) is 11.3 Å². The molecule has 3 aromatic rings. The number of hydrogen-bond acceptors (Lipinski definition) is 4. The van der Waals surface area contributed by atoms with Gasteiger partial charge in [0, 0.05) is 24.3 Å². The molecular weight excluding hydrogens is 378 g/mol. The van der Waals surface area contributed by atoms with Crippen LogP contribution in [0.15, 0.2) is 53.6 Å². The lowest BCUT2D eigenvalue weighted by Crippen LogP contribution is -2.21. The monoisotopic (exact) mass is 407 g/mol. The van der Waals surface area contributed by atoms with Gasteiger partial charge in [-0.3, -0.25) is 0 Å². The topological polar surface area (TPSA) is 49.2 Å². The van der Waals surface area contributed by atoms with E-state index in [0.29, 0.717) is 10.6 Å².